The number of nitrogens with two attached hydrogens (primary N) is 1. The Kier molecular flexibility index (Phi) is 4.55. The highest BCUT2D eigenvalue weighted by Crippen LogP contribution is 2.28. The molecule has 8 heteroatoms. The zero-order valence-corrected chi connectivity index (χ0v) is 12.6. The highest BCUT2D eigenvalue weighted by atomic mass is 35.5. The van der Waals surface area contributed by atoms with Crippen LogP contribution < -0.4 is 5.73 Å². The van der Waals surface area contributed by atoms with Crippen LogP contribution in [-0.2, 0) is 14.8 Å². The molecule has 2 rings (SSSR count). The number of hydrogen-bond acceptors (Lipinski definition) is 5. The fraction of sp³-hybridized carbons (Fsp3) is 0.500. The quantitative estimate of drug-likeness (QED) is 0.799. The van der Waals surface area contributed by atoms with Crippen LogP contribution in [0.25, 0.3) is 0 Å². The van der Waals surface area contributed by atoms with Crippen molar-refractivity contribution in [1.29, 1.82) is 0 Å². The first-order valence-corrected chi connectivity index (χ1v) is 7.98. The molecule has 0 spiro atoms. The van der Waals surface area contributed by atoms with Crippen LogP contribution in [-0.4, -0.2) is 49.7 Å². The number of aliphatic hydroxyl groups is 1. The van der Waals surface area contributed by atoms with E-state index in [1.54, 1.807) is 13.0 Å². The smallest absolute Gasteiger partial charge is 0.244 e. The molecule has 0 aromatic heterocycles. The van der Waals surface area contributed by atoms with Crippen LogP contribution in [0.4, 0.5) is 5.69 Å². The van der Waals surface area contributed by atoms with Gasteiger partial charge in [0.1, 0.15) is 4.90 Å². The van der Waals surface area contributed by atoms with Gasteiger partial charge in [0.15, 0.2) is 0 Å². The van der Waals surface area contributed by atoms with Gasteiger partial charge >= 0.3 is 0 Å². The van der Waals surface area contributed by atoms with E-state index in [-0.39, 0.29) is 35.7 Å². The second kappa shape index (κ2) is 5.87. The van der Waals surface area contributed by atoms with Crippen LogP contribution in [0.5, 0.6) is 0 Å². The lowest BCUT2D eigenvalue weighted by atomic mass is 10.2. The van der Waals surface area contributed by atoms with Crippen molar-refractivity contribution in [3.63, 3.8) is 0 Å². The van der Waals surface area contributed by atoms with Gasteiger partial charge in [-0.05, 0) is 25.1 Å². The van der Waals surface area contributed by atoms with Crippen molar-refractivity contribution in [2.75, 3.05) is 25.4 Å². The Morgan fingerprint density at radius 2 is 2.20 bits per heavy atom. The van der Waals surface area contributed by atoms with Crippen molar-refractivity contribution in [2.24, 2.45) is 0 Å². The van der Waals surface area contributed by atoms with E-state index >= 15 is 0 Å². The number of halogens is 1. The molecular formula is C12H17ClN2O4S. The Morgan fingerprint density at radius 1 is 1.50 bits per heavy atom. The molecule has 6 nitrogen and oxygen atoms in total. The van der Waals surface area contributed by atoms with Crippen LogP contribution in [0.2, 0.25) is 5.02 Å². The highest BCUT2D eigenvalue weighted by molar-refractivity contribution is 7.89. The Hall–Kier alpha value is -0.860. The number of morpholine rings is 1. The lowest BCUT2D eigenvalue weighted by Crippen LogP contribution is -2.50. The van der Waals surface area contributed by atoms with E-state index in [9.17, 15) is 8.42 Å². The molecule has 0 aliphatic carbocycles. The summed E-state index contributed by atoms with van der Waals surface area (Å²) in [6.07, 6.45) is -0.830. The molecule has 1 aliphatic heterocycles. The number of ether oxygens (including phenoxy) is 1. The fourth-order valence-electron chi connectivity index (χ4n) is 2.16. The highest BCUT2D eigenvalue weighted by Gasteiger charge is 2.34. The second-order valence-electron chi connectivity index (χ2n) is 4.76. The van der Waals surface area contributed by atoms with Gasteiger partial charge in [-0.2, -0.15) is 4.31 Å². The first-order valence-electron chi connectivity index (χ1n) is 6.16. The van der Waals surface area contributed by atoms with E-state index in [1.165, 1.54) is 16.4 Å². The van der Waals surface area contributed by atoms with E-state index in [1.807, 2.05) is 0 Å². The molecule has 1 fully saturated rings. The van der Waals surface area contributed by atoms with Gasteiger partial charge in [-0.3, -0.25) is 0 Å². The van der Waals surface area contributed by atoms with Gasteiger partial charge in [0.2, 0.25) is 10.0 Å². The predicted molar refractivity (Wildman–Crippen MR) is 76.0 cm³/mol. The minimum absolute atomic E-state index is 0.0232. The van der Waals surface area contributed by atoms with Crippen molar-refractivity contribution in [3.8, 4) is 0 Å². The molecule has 2 atom stereocenters. The van der Waals surface area contributed by atoms with Gasteiger partial charge in [-0.25, -0.2) is 8.42 Å². The number of rotatable bonds is 3. The number of nitrogens with zero attached hydrogens (tertiary/aromatic N) is 1. The van der Waals surface area contributed by atoms with Crippen molar-refractivity contribution >= 4 is 27.3 Å². The normalized spacial score (nSPS) is 24.8. The summed E-state index contributed by atoms with van der Waals surface area (Å²) in [5, 5.41) is 9.29. The number of hydrogen-bond donors (Lipinski definition) is 2. The number of anilines is 1. The Balaban J connectivity index is 2.36. The van der Waals surface area contributed by atoms with Crippen LogP contribution in [0.15, 0.2) is 23.1 Å². The van der Waals surface area contributed by atoms with E-state index < -0.39 is 16.1 Å². The van der Waals surface area contributed by atoms with E-state index in [0.717, 1.165) is 0 Å². The summed E-state index contributed by atoms with van der Waals surface area (Å²) in [6, 6.07) is 4.34. The molecule has 1 aromatic rings. The second-order valence-corrected chi connectivity index (χ2v) is 7.08. The molecule has 112 valence electrons. The molecule has 3 N–H and O–H groups in total. The molecule has 1 heterocycles. The largest absolute Gasteiger partial charge is 0.399 e. The summed E-state index contributed by atoms with van der Waals surface area (Å²) in [4.78, 5) is -0.0232. The van der Waals surface area contributed by atoms with Gasteiger partial charge in [0.25, 0.3) is 0 Å². The lowest BCUT2D eigenvalue weighted by Gasteiger charge is -2.35. The molecule has 2 unspecified atom stereocenters. The standard InChI is InChI=1S/C12H17ClN2O4S/c1-8-5-15(6-10(7-16)19-8)20(17,18)12-4-9(14)2-3-11(12)13/h2-4,8,10,16H,5-7,14H2,1H3. The molecule has 0 amide bonds. The summed E-state index contributed by atoms with van der Waals surface area (Å²) < 4.78 is 31.9. The maximum absolute atomic E-state index is 12.6. The number of aliphatic hydroxyl groups excluding tert-OH is 1. The third kappa shape index (κ3) is 3.07. The van der Waals surface area contributed by atoms with E-state index in [4.69, 9.17) is 27.2 Å². The first kappa shape index (κ1) is 15.5. The van der Waals surface area contributed by atoms with Gasteiger partial charge in [-0.15, -0.1) is 0 Å². The molecule has 1 saturated heterocycles. The molecule has 0 radical (unpaired) electrons. The van der Waals surface area contributed by atoms with Crippen molar-refractivity contribution < 1.29 is 18.3 Å². The van der Waals surface area contributed by atoms with Crippen molar-refractivity contribution in [1.82, 2.24) is 4.31 Å². The maximum Gasteiger partial charge on any atom is 0.244 e. The average Bonchev–Trinajstić information content (AvgIpc) is 2.40. The number of nitrogen functional groups attached to an aromatic ring is 1. The molecule has 20 heavy (non-hydrogen) atoms. The number of benzene rings is 1. The topological polar surface area (TPSA) is 92.9 Å². The van der Waals surface area contributed by atoms with E-state index in [2.05, 4.69) is 0 Å². The van der Waals surface area contributed by atoms with Crippen LogP contribution in [0.3, 0.4) is 0 Å². The zero-order valence-electron chi connectivity index (χ0n) is 11.0. The lowest BCUT2D eigenvalue weighted by molar-refractivity contribution is -0.0750. The molecule has 1 aliphatic rings. The van der Waals surface area contributed by atoms with Gasteiger partial charge < -0.3 is 15.6 Å². The Morgan fingerprint density at radius 3 is 2.85 bits per heavy atom. The fourth-order valence-corrected chi connectivity index (χ4v) is 4.21. The summed E-state index contributed by atoms with van der Waals surface area (Å²) in [5.41, 5.74) is 5.96. The monoisotopic (exact) mass is 320 g/mol. The van der Waals surface area contributed by atoms with Crippen molar-refractivity contribution in [2.45, 2.75) is 24.0 Å². The predicted octanol–water partition coefficient (Wildman–Crippen LogP) is 0.693. The maximum atomic E-state index is 12.6. The van der Waals surface area contributed by atoms with Gasteiger partial charge in [-0.1, -0.05) is 11.6 Å². The van der Waals surface area contributed by atoms with Crippen LogP contribution >= 0.6 is 11.6 Å². The Bertz CT molecular complexity index is 593. The summed E-state index contributed by atoms with van der Waals surface area (Å²) in [7, 11) is -3.76. The Labute approximate surface area is 123 Å². The minimum Gasteiger partial charge on any atom is -0.399 e. The first-order chi connectivity index (χ1) is 9.34. The third-order valence-electron chi connectivity index (χ3n) is 3.07. The molecule has 1 aromatic carbocycles. The van der Waals surface area contributed by atoms with Gasteiger partial charge in [0, 0.05) is 18.8 Å². The van der Waals surface area contributed by atoms with Crippen LogP contribution in [0, 0.1) is 0 Å². The molecule has 0 saturated carbocycles. The van der Waals surface area contributed by atoms with Crippen molar-refractivity contribution in [3.05, 3.63) is 23.2 Å². The number of sulfonamides is 1. The average molecular weight is 321 g/mol. The third-order valence-corrected chi connectivity index (χ3v) is 5.38. The summed E-state index contributed by atoms with van der Waals surface area (Å²) in [6.45, 7) is 1.82. The zero-order chi connectivity index (χ0) is 14.9. The molecular weight excluding hydrogens is 304 g/mol. The summed E-state index contributed by atoms with van der Waals surface area (Å²) >= 11 is 5.96. The molecule has 0 bridgehead atoms. The minimum atomic E-state index is -3.76. The van der Waals surface area contributed by atoms with Crippen LogP contribution in [0.1, 0.15) is 6.92 Å². The SMILES string of the molecule is CC1CN(S(=O)(=O)c2cc(N)ccc2Cl)CC(CO)O1. The summed E-state index contributed by atoms with van der Waals surface area (Å²) in [5.74, 6) is 0. The van der Waals surface area contributed by atoms with E-state index in [0.29, 0.717) is 5.69 Å². The van der Waals surface area contributed by atoms with Gasteiger partial charge in [0.05, 0.1) is 23.8 Å².